The van der Waals surface area contributed by atoms with Crippen LogP contribution < -0.4 is 5.73 Å². The second kappa shape index (κ2) is 4.42. The number of nitrogens with zero attached hydrogens (tertiary/aromatic N) is 2. The zero-order valence-electron chi connectivity index (χ0n) is 8.17. The van der Waals surface area contributed by atoms with Crippen molar-refractivity contribution in [2.75, 3.05) is 0 Å². The van der Waals surface area contributed by atoms with Gasteiger partial charge in [0.25, 0.3) is 5.91 Å². The van der Waals surface area contributed by atoms with Gasteiger partial charge in [-0.25, -0.2) is 4.39 Å². The third-order valence-corrected chi connectivity index (χ3v) is 3.33. The molecule has 88 valence electrons. The maximum absolute atomic E-state index is 13.9. The molecule has 0 atom stereocenters. The standard InChI is InChI=1S/C9H5BrClFN4O/c10-4-2-1-3(6(12)5(4)11)7-8(9(13)17)15-16-14-7/h1-2H,(H2,13,17)(H,14,15,16). The Bertz CT molecular complexity index is 601. The first-order chi connectivity index (χ1) is 8.02. The Balaban J connectivity index is 2.65. The van der Waals surface area contributed by atoms with Crippen LogP contribution >= 0.6 is 27.5 Å². The summed E-state index contributed by atoms with van der Waals surface area (Å²) in [7, 11) is 0. The first-order valence-corrected chi connectivity index (χ1v) is 5.54. The average Bonchev–Trinajstić information content (AvgIpc) is 2.75. The van der Waals surface area contributed by atoms with Crippen molar-refractivity contribution in [3.8, 4) is 11.3 Å². The minimum Gasteiger partial charge on any atom is -0.364 e. The fraction of sp³-hybridized carbons (Fsp3) is 0. The Labute approximate surface area is 108 Å². The zero-order chi connectivity index (χ0) is 12.6. The predicted molar refractivity (Wildman–Crippen MR) is 63.0 cm³/mol. The molecule has 2 rings (SSSR count). The van der Waals surface area contributed by atoms with Gasteiger partial charge in [-0.3, -0.25) is 4.79 Å². The molecule has 8 heteroatoms. The van der Waals surface area contributed by atoms with Gasteiger partial charge in [-0.05, 0) is 28.1 Å². The van der Waals surface area contributed by atoms with Crippen LogP contribution in [-0.2, 0) is 0 Å². The maximum Gasteiger partial charge on any atom is 0.271 e. The van der Waals surface area contributed by atoms with E-state index in [1.54, 1.807) is 6.07 Å². The van der Waals surface area contributed by atoms with E-state index >= 15 is 0 Å². The van der Waals surface area contributed by atoms with Crippen LogP contribution in [0.25, 0.3) is 11.3 Å². The lowest BCUT2D eigenvalue weighted by molar-refractivity contribution is 0.0996. The number of primary amides is 1. The molecule has 0 spiro atoms. The smallest absolute Gasteiger partial charge is 0.271 e. The van der Waals surface area contributed by atoms with Gasteiger partial charge in [-0.15, -0.1) is 0 Å². The van der Waals surface area contributed by atoms with Gasteiger partial charge in [0.2, 0.25) is 0 Å². The molecule has 0 bridgehead atoms. The number of carbonyl (C=O) groups is 1. The van der Waals surface area contributed by atoms with E-state index in [1.807, 2.05) is 0 Å². The van der Waals surface area contributed by atoms with E-state index in [-0.39, 0.29) is 22.0 Å². The Hall–Kier alpha value is -1.47. The average molecular weight is 320 g/mol. The van der Waals surface area contributed by atoms with E-state index in [0.29, 0.717) is 4.47 Å². The van der Waals surface area contributed by atoms with Crippen LogP contribution in [0.5, 0.6) is 0 Å². The summed E-state index contributed by atoms with van der Waals surface area (Å²) in [4.78, 5) is 11.1. The van der Waals surface area contributed by atoms with E-state index in [2.05, 4.69) is 31.3 Å². The van der Waals surface area contributed by atoms with E-state index in [0.717, 1.165) is 0 Å². The molecule has 0 aliphatic heterocycles. The second-order valence-electron chi connectivity index (χ2n) is 3.11. The summed E-state index contributed by atoms with van der Waals surface area (Å²) >= 11 is 8.82. The molecule has 0 saturated heterocycles. The van der Waals surface area contributed by atoms with Gasteiger partial charge in [-0.2, -0.15) is 15.4 Å². The van der Waals surface area contributed by atoms with Gasteiger partial charge in [0.15, 0.2) is 11.5 Å². The molecule has 0 fully saturated rings. The summed E-state index contributed by atoms with van der Waals surface area (Å²) in [5, 5.41) is 9.36. The first-order valence-electron chi connectivity index (χ1n) is 4.36. The van der Waals surface area contributed by atoms with Crippen LogP contribution in [0.3, 0.4) is 0 Å². The molecule has 1 amide bonds. The van der Waals surface area contributed by atoms with Crippen LogP contribution in [0.4, 0.5) is 4.39 Å². The number of aromatic amines is 1. The number of nitrogens with two attached hydrogens (primary N) is 1. The number of halogens is 3. The maximum atomic E-state index is 13.9. The lowest BCUT2D eigenvalue weighted by Gasteiger charge is -2.03. The van der Waals surface area contributed by atoms with Gasteiger partial charge in [0.1, 0.15) is 5.69 Å². The number of benzene rings is 1. The summed E-state index contributed by atoms with van der Waals surface area (Å²) in [6, 6.07) is 2.97. The van der Waals surface area contributed by atoms with Crippen molar-refractivity contribution in [1.29, 1.82) is 0 Å². The minimum absolute atomic E-state index is 0.0319. The number of hydrogen-bond donors (Lipinski definition) is 2. The van der Waals surface area contributed by atoms with Gasteiger partial charge in [0, 0.05) is 10.0 Å². The largest absolute Gasteiger partial charge is 0.364 e. The second-order valence-corrected chi connectivity index (χ2v) is 4.34. The minimum atomic E-state index is -0.799. The topological polar surface area (TPSA) is 84.7 Å². The fourth-order valence-corrected chi connectivity index (χ4v) is 1.77. The highest BCUT2D eigenvalue weighted by molar-refractivity contribution is 9.10. The molecule has 17 heavy (non-hydrogen) atoms. The van der Waals surface area contributed by atoms with Gasteiger partial charge in [0.05, 0.1) is 5.02 Å². The third-order valence-electron chi connectivity index (χ3n) is 2.07. The van der Waals surface area contributed by atoms with Crippen molar-refractivity contribution in [2.24, 2.45) is 5.73 Å². The van der Waals surface area contributed by atoms with Crippen LogP contribution in [0, 0.1) is 5.82 Å². The van der Waals surface area contributed by atoms with E-state index in [4.69, 9.17) is 17.3 Å². The molecule has 0 radical (unpaired) electrons. The van der Waals surface area contributed by atoms with Crippen LogP contribution in [0.15, 0.2) is 16.6 Å². The molecule has 3 N–H and O–H groups in total. The van der Waals surface area contributed by atoms with Crippen molar-refractivity contribution >= 4 is 33.4 Å². The highest BCUT2D eigenvalue weighted by Crippen LogP contribution is 2.32. The van der Waals surface area contributed by atoms with Gasteiger partial charge in [-0.1, -0.05) is 11.6 Å². The molecular formula is C9H5BrClFN4O. The van der Waals surface area contributed by atoms with Crippen molar-refractivity contribution in [3.63, 3.8) is 0 Å². The lowest BCUT2D eigenvalue weighted by atomic mass is 10.1. The number of hydrogen-bond acceptors (Lipinski definition) is 3. The number of nitrogens with one attached hydrogen (secondary N) is 1. The van der Waals surface area contributed by atoms with Crippen molar-refractivity contribution in [2.45, 2.75) is 0 Å². The summed E-state index contributed by atoms with van der Waals surface area (Å²) < 4.78 is 14.3. The fourth-order valence-electron chi connectivity index (χ4n) is 1.30. The number of amides is 1. The molecule has 0 unspecified atom stereocenters. The zero-order valence-corrected chi connectivity index (χ0v) is 10.5. The highest BCUT2D eigenvalue weighted by atomic mass is 79.9. The Morgan fingerprint density at radius 3 is 2.82 bits per heavy atom. The van der Waals surface area contributed by atoms with Crippen LogP contribution in [0.1, 0.15) is 10.5 Å². The van der Waals surface area contributed by atoms with E-state index in [9.17, 15) is 9.18 Å². The Morgan fingerprint density at radius 1 is 1.47 bits per heavy atom. The highest BCUT2D eigenvalue weighted by Gasteiger charge is 2.20. The lowest BCUT2D eigenvalue weighted by Crippen LogP contribution is -2.13. The number of rotatable bonds is 2. The van der Waals surface area contributed by atoms with Gasteiger partial charge >= 0.3 is 0 Å². The predicted octanol–water partition coefficient (Wildman–Crippen LogP) is 2.13. The number of H-pyrrole nitrogens is 1. The molecule has 1 heterocycles. The Kier molecular flexibility index (Phi) is 3.12. The van der Waals surface area contributed by atoms with Crippen LogP contribution in [0.2, 0.25) is 5.02 Å². The quantitative estimate of drug-likeness (QED) is 0.832. The summed E-state index contributed by atoms with van der Waals surface area (Å²) in [6.45, 7) is 0. The summed E-state index contributed by atoms with van der Waals surface area (Å²) in [6.07, 6.45) is 0. The molecule has 0 aliphatic carbocycles. The van der Waals surface area contributed by atoms with E-state index < -0.39 is 11.7 Å². The molecule has 2 aromatic rings. The number of aromatic nitrogens is 3. The number of carbonyl (C=O) groups excluding carboxylic acids is 1. The molecule has 5 nitrogen and oxygen atoms in total. The van der Waals surface area contributed by atoms with E-state index in [1.165, 1.54) is 6.07 Å². The SMILES string of the molecule is NC(=O)c1n[nH]nc1-c1ccc(Br)c(Cl)c1F. The third kappa shape index (κ3) is 2.03. The molecule has 0 aliphatic rings. The Morgan fingerprint density at radius 2 is 2.18 bits per heavy atom. The molecule has 1 aromatic heterocycles. The molecule has 0 saturated carbocycles. The molecular weight excluding hydrogens is 314 g/mol. The van der Waals surface area contributed by atoms with Crippen molar-refractivity contribution in [1.82, 2.24) is 15.4 Å². The van der Waals surface area contributed by atoms with Crippen molar-refractivity contribution in [3.05, 3.63) is 33.1 Å². The summed E-state index contributed by atoms with van der Waals surface area (Å²) in [5.74, 6) is -1.50. The monoisotopic (exact) mass is 318 g/mol. The van der Waals surface area contributed by atoms with Crippen LogP contribution in [-0.4, -0.2) is 21.3 Å². The summed E-state index contributed by atoms with van der Waals surface area (Å²) in [5.41, 5.74) is 5.04. The first kappa shape index (κ1) is 12.0. The van der Waals surface area contributed by atoms with Crippen molar-refractivity contribution < 1.29 is 9.18 Å². The molecule has 1 aromatic carbocycles. The van der Waals surface area contributed by atoms with Gasteiger partial charge < -0.3 is 5.73 Å². The normalized spacial score (nSPS) is 10.5.